The van der Waals surface area contributed by atoms with Gasteiger partial charge in [-0.1, -0.05) is 11.6 Å². The number of oxazole rings is 1. The SMILES string of the molecule is Cc1oc(CN(C)C(=O)C(C)SCc2ncc(-c3ccc(Cl)cc3)o2)cc1C(=O)O. The van der Waals surface area contributed by atoms with Crippen LogP contribution in [0.3, 0.4) is 0 Å². The van der Waals surface area contributed by atoms with Crippen molar-refractivity contribution in [2.45, 2.75) is 31.4 Å². The van der Waals surface area contributed by atoms with Gasteiger partial charge in [-0.15, -0.1) is 11.8 Å². The van der Waals surface area contributed by atoms with Gasteiger partial charge in [0, 0.05) is 17.6 Å². The first-order valence-electron chi connectivity index (χ1n) is 9.14. The fourth-order valence-electron chi connectivity index (χ4n) is 2.85. The number of carboxylic acid groups (broad SMARTS) is 1. The van der Waals surface area contributed by atoms with Gasteiger partial charge < -0.3 is 18.8 Å². The lowest BCUT2D eigenvalue weighted by Gasteiger charge is -2.19. The molecule has 1 amide bonds. The van der Waals surface area contributed by atoms with Gasteiger partial charge in [-0.2, -0.15) is 0 Å². The molecule has 0 aliphatic carbocycles. The van der Waals surface area contributed by atoms with Gasteiger partial charge in [0.1, 0.15) is 17.1 Å². The molecule has 2 aromatic heterocycles. The van der Waals surface area contributed by atoms with Crippen LogP contribution < -0.4 is 0 Å². The van der Waals surface area contributed by atoms with E-state index in [2.05, 4.69) is 4.98 Å². The molecule has 0 saturated heterocycles. The third-order valence-electron chi connectivity index (χ3n) is 4.46. The first-order valence-corrected chi connectivity index (χ1v) is 10.6. The van der Waals surface area contributed by atoms with Crippen LogP contribution in [0.5, 0.6) is 0 Å². The average Bonchev–Trinajstić information content (AvgIpc) is 3.32. The van der Waals surface area contributed by atoms with E-state index in [1.54, 1.807) is 32.3 Å². The molecule has 2 heterocycles. The lowest BCUT2D eigenvalue weighted by molar-refractivity contribution is -0.129. The molecule has 0 spiro atoms. The highest BCUT2D eigenvalue weighted by Gasteiger charge is 2.21. The Morgan fingerprint density at radius 3 is 2.60 bits per heavy atom. The molecule has 1 N–H and O–H groups in total. The van der Waals surface area contributed by atoms with Crippen LogP contribution in [0.15, 0.2) is 45.4 Å². The number of nitrogens with zero attached hydrogens (tertiary/aromatic N) is 2. The molecule has 158 valence electrons. The van der Waals surface area contributed by atoms with Crippen molar-refractivity contribution in [1.29, 1.82) is 0 Å². The van der Waals surface area contributed by atoms with Crippen molar-refractivity contribution in [2.24, 2.45) is 0 Å². The van der Waals surface area contributed by atoms with Crippen LogP contribution in [-0.4, -0.2) is 39.2 Å². The minimum absolute atomic E-state index is 0.101. The summed E-state index contributed by atoms with van der Waals surface area (Å²) in [5.41, 5.74) is 0.982. The fraction of sp³-hybridized carbons (Fsp3) is 0.286. The number of carbonyl (C=O) groups excluding carboxylic acids is 1. The summed E-state index contributed by atoms with van der Waals surface area (Å²) in [5, 5.41) is 9.42. The van der Waals surface area contributed by atoms with E-state index in [0.29, 0.717) is 33.9 Å². The number of thioether (sulfide) groups is 1. The number of hydrogen-bond acceptors (Lipinski definition) is 6. The summed E-state index contributed by atoms with van der Waals surface area (Å²) in [6, 6.07) is 8.72. The number of halogens is 1. The van der Waals surface area contributed by atoms with Crippen LogP contribution in [0.25, 0.3) is 11.3 Å². The molecular weight excluding hydrogens is 428 g/mol. The highest BCUT2D eigenvalue weighted by molar-refractivity contribution is 7.99. The minimum Gasteiger partial charge on any atom is -0.478 e. The highest BCUT2D eigenvalue weighted by atomic mass is 35.5. The molecule has 0 fully saturated rings. The fourth-order valence-corrected chi connectivity index (χ4v) is 3.82. The monoisotopic (exact) mass is 448 g/mol. The molecule has 0 bridgehead atoms. The summed E-state index contributed by atoms with van der Waals surface area (Å²) in [6.07, 6.45) is 1.65. The molecule has 0 radical (unpaired) electrons. The van der Waals surface area contributed by atoms with E-state index in [4.69, 9.17) is 25.5 Å². The van der Waals surface area contributed by atoms with Crippen molar-refractivity contribution in [3.8, 4) is 11.3 Å². The lowest BCUT2D eigenvalue weighted by Crippen LogP contribution is -2.32. The van der Waals surface area contributed by atoms with E-state index in [9.17, 15) is 9.59 Å². The number of carbonyl (C=O) groups is 2. The number of aromatic nitrogens is 1. The minimum atomic E-state index is -1.05. The number of benzene rings is 1. The summed E-state index contributed by atoms with van der Waals surface area (Å²) in [6.45, 7) is 3.59. The normalized spacial score (nSPS) is 12.0. The smallest absolute Gasteiger partial charge is 0.339 e. The van der Waals surface area contributed by atoms with E-state index in [0.717, 1.165) is 5.56 Å². The molecule has 1 aromatic carbocycles. The number of aryl methyl sites for hydroxylation is 1. The van der Waals surface area contributed by atoms with Gasteiger partial charge in [0.05, 0.1) is 23.7 Å². The van der Waals surface area contributed by atoms with E-state index in [-0.39, 0.29) is 23.3 Å². The van der Waals surface area contributed by atoms with Crippen LogP contribution in [0.2, 0.25) is 5.02 Å². The molecule has 0 aliphatic heterocycles. The van der Waals surface area contributed by atoms with Crippen molar-refractivity contribution >= 4 is 35.2 Å². The third kappa shape index (κ3) is 5.25. The maximum Gasteiger partial charge on any atom is 0.339 e. The van der Waals surface area contributed by atoms with Crippen molar-refractivity contribution in [2.75, 3.05) is 7.05 Å². The van der Waals surface area contributed by atoms with Crippen molar-refractivity contribution in [3.63, 3.8) is 0 Å². The van der Waals surface area contributed by atoms with Gasteiger partial charge in [0.15, 0.2) is 5.76 Å². The summed E-state index contributed by atoms with van der Waals surface area (Å²) < 4.78 is 11.2. The van der Waals surface area contributed by atoms with E-state index in [1.165, 1.54) is 22.7 Å². The summed E-state index contributed by atoms with van der Waals surface area (Å²) in [5.74, 6) is 1.21. The Hall–Kier alpha value is -2.71. The van der Waals surface area contributed by atoms with Crippen molar-refractivity contribution < 1.29 is 23.5 Å². The summed E-state index contributed by atoms with van der Waals surface area (Å²) in [4.78, 5) is 29.5. The standard InChI is InChI=1S/C21H21ClN2O5S/c1-12-17(21(26)27)8-16(28-12)10-24(3)20(25)13(2)30-11-19-23-9-18(29-19)14-4-6-15(22)7-5-14/h4-9,13H,10-11H2,1-3H3,(H,26,27). The van der Waals surface area contributed by atoms with Crippen molar-refractivity contribution in [1.82, 2.24) is 9.88 Å². The zero-order valence-electron chi connectivity index (χ0n) is 16.7. The molecule has 9 heteroatoms. The highest BCUT2D eigenvalue weighted by Crippen LogP contribution is 2.26. The van der Waals surface area contributed by atoms with Crippen molar-refractivity contribution in [3.05, 3.63) is 64.5 Å². The van der Waals surface area contributed by atoms with Gasteiger partial charge in [0.25, 0.3) is 0 Å². The molecule has 3 aromatic rings. The maximum absolute atomic E-state index is 12.6. The Kier molecular flexibility index (Phi) is 6.89. The summed E-state index contributed by atoms with van der Waals surface area (Å²) >= 11 is 7.31. The number of furan rings is 1. The number of hydrogen-bond donors (Lipinski definition) is 1. The van der Waals surface area contributed by atoms with Crippen LogP contribution in [0.1, 0.15) is 34.7 Å². The number of carboxylic acids is 1. The van der Waals surface area contributed by atoms with E-state index >= 15 is 0 Å². The molecule has 7 nitrogen and oxygen atoms in total. The number of amides is 1. The predicted octanol–water partition coefficient (Wildman–Crippen LogP) is 4.87. The topological polar surface area (TPSA) is 96.8 Å². The van der Waals surface area contributed by atoms with Crippen LogP contribution in [-0.2, 0) is 17.1 Å². The largest absolute Gasteiger partial charge is 0.478 e. The molecular formula is C21H21ClN2O5S. The molecule has 3 rings (SSSR count). The third-order valence-corrected chi connectivity index (χ3v) is 5.82. The summed E-state index contributed by atoms with van der Waals surface area (Å²) in [7, 11) is 1.65. The van der Waals surface area contributed by atoms with Crippen LogP contribution >= 0.6 is 23.4 Å². The molecule has 0 aliphatic rings. The zero-order valence-corrected chi connectivity index (χ0v) is 18.3. The number of aromatic carboxylic acids is 1. The van der Waals surface area contributed by atoms with E-state index < -0.39 is 5.97 Å². The second-order valence-corrected chi connectivity index (χ2v) is 8.53. The quantitative estimate of drug-likeness (QED) is 0.524. The van der Waals surface area contributed by atoms with Gasteiger partial charge in [0.2, 0.25) is 11.8 Å². The maximum atomic E-state index is 12.6. The first kappa shape index (κ1) is 22.0. The Morgan fingerprint density at radius 1 is 1.27 bits per heavy atom. The predicted molar refractivity (Wildman–Crippen MR) is 115 cm³/mol. The Bertz CT molecular complexity index is 1040. The zero-order chi connectivity index (χ0) is 21.8. The Balaban J connectivity index is 1.54. The van der Waals surface area contributed by atoms with Gasteiger partial charge in [-0.3, -0.25) is 4.79 Å². The Labute approximate surface area is 183 Å². The first-order chi connectivity index (χ1) is 14.2. The molecule has 1 unspecified atom stereocenters. The van der Waals surface area contributed by atoms with Gasteiger partial charge >= 0.3 is 5.97 Å². The molecule has 0 saturated carbocycles. The average molecular weight is 449 g/mol. The van der Waals surface area contributed by atoms with Crippen LogP contribution in [0.4, 0.5) is 0 Å². The van der Waals surface area contributed by atoms with Gasteiger partial charge in [-0.25, -0.2) is 9.78 Å². The van der Waals surface area contributed by atoms with Gasteiger partial charge in [-0.05, 0) is 44.2 Å². The Morgan fingerprint density at radius 2 is 1.97 bits per heavy atom. The van der Waals surface area contributed by atoms with E-state index in [1.807, 2.05) is 19.1 Å². The van der Waals surface area contributed by atoms with Crippen LogP contribution in [0, 0.1) is 6.92 Å². The second-order valence-electron chi connectivity index (χ2n) is 6.76. The lowest BCUT2D eigenvalue weighted by atomic mass is 10.2. The number of rotatable bonds is 8. The molecule has 30 heavy (non-hydrogen) atoms. The molecule has 1 atom stereocenters. The second kappa shape index (κ2) is 9.40.